The maximum absolute atomic E-state index is 13.3. The lowest BCUT2D eigenvalue weighted by molar-refractivity contribution is -0.141. The Morgan fingerprint density at radius 1 is 1.22 bits per heavy atom. The first-order valence-electron chi connectivity index (χ1n) is 10.5. The van der Waals surface area contributed by atoms with Crippen LogP contribution in [0.2, 0.25) is 0 Å². The molecule has 32 heavy (non-hydrogen) atoms. The van der Waals surface area contributed by atoms with E-state index < -0.39 is 17.7 Å². The van der Waals surface area contributed by atoms with Gasteiger partial charge in [-0.2, -0.15) is 0 Å². The molecule has 3 heterocycles. The molecule has 1 aromatic carbocycles. The van der Waals surface area contributed by atoms with E-state index in [0.717, 1.165) is 4.88 Å². The Morgan fingerprint density at radius 2 is 2.00 bits per heavy atom. The highest BCUT2D eigenvalue weighted by atomic mass is 32.1. The molecule has 2 atom stereocenters. The number of hydrogen-bond donors (Lipinski definition) is 1. The fourth-order valence-electron chi connectivity index (χ4n) is 4.48. The lowest BCUT2D eigenvalue weighted by Gasteiger charge is -2.48. The third kappa shape index (κ3) is 3.88. The number of benzene rings is 1. The van der Waals surface area contributed by atoms with Crippen molar-refractivity contribution >= 4 is 40.7 Å². The van der Waals surface area contributed by atoms with Gasteiger partial charge in [-0.05, 0) is 36.9 Å². The fourth-order valence-corrected chi connectivity index (χ4v) is 5.26. The molecule has 9 heteroatoms. The van der Waals surface area contributed by atoms with Gasteiger partial charge in [-0.15, -0.1) is 11.3 Å². The molecule has 3 amide bonds. The minimum Gasteiger partial charge on any atom is -0.469 e. The molecule has 0 radical (unpaired) electrons. The van der Waals surface area contributed by atoms with Gasteiger partial charge in [-0.25, -0.2) is 0 Å². The standard InChI is InChI=1S/C23H25N3O5S/c1-23-11-9-20(28)26(23)17-7-4-3-6-15(17)22(30)25(23)12-10-19(27)24-16(14-21(29)31-2)18-8-5-13-32-18/h3-8,13,16H,9-12,14H2,1-2H3,(H,24,27). The smallest absolute Gasteiger partial charge is 0.307 e. The van der Waals surface area contributed by atoms with Crippen LogP contribution in [0.4, 0.5) is 5.69 Å². The van der Waals surface area contributed by atoms with Crippen molar-refractivity contribution in [3.05, 3.63) is 52.2 Å². The summed E-state index contributed by atoms with van der Waals surface area (Å²) in [5.41, 5.74) is 0.281. The average Bonchev–Trinajstić information content (AvgIpc) is 3.42. The van der Waals surface area contributed by atoms with E-state index in [2.05, 4.69) is 5.32 Å². The van der Waals surface area contributed by atoms with Gasteiger partial charge in [0.05, 0.1) is 30.8 Å². The van der Waals surface area contributed by atoms with Crippen LogP contribution in [-0.2, 0) is 19.1 Å². The summed E-state index contributed by atoms with van der Waals surface area (Å²) in [4.78, 5) is 54.7. The number of amides is 3. The molecule has 0 spiro atoms. The molecule has 1 N–H and O–H groups in total. The van der Waals surface area contributed by atoms with E-state index in [1.165, 1.54) is 18.4 Å². The number of carbonyl (C=O) groups excluding carboxylic acids is 4. The average molecular weight is 456 g/mol. The van der Waals surface area contributed by atoms with Gasteiger partial charge in [0.1, 0.15) is 5.66 Å². The van der Waals surface area contributed by atoms with Gasteiger partial charge in [0, 0.05) is 24.3 Å². The Hall–Kier alpha value is -3.20. The summed E-state index contributed by atoms with van der Waals surface area (Å²) in [6.45, 7) is 2.03. The lowest BCUT2D eigenvalue weighted by Crippen LogP contribution is -2.62. The van der Waals surface area contributed by atoms with E-state index in [0.29, 0.717) is 24.1 Å². The molecule has 0 saturated carbocycles. The first-order chi connectivity index (χ1) is 15.3. The van der Waals surface area contributed by atoms with Crippen molar-refractivity contribution in [2.24, 2.45) is 0 Å². The quantitative estimate of drug-likeness (QED) is 0.648. The van der Waals surface area contributed by atoms with Gasteiger partial charge < -0.3 is 15.0 Å². The van der Waals surface area contributed by atoms with Gasteiger partial charge in [-0.1, -0.05) is 18.2 Å². The number of nitrogens with one attached hydrogen (secondary N) is 1. The van der Waals surface area contributed by atoms with E-state index in [9.17, 15) is 19.2 Å². The minimum atomic E-state index is -0.804. The van der Waals surface area contributed by atoms with Gasteiger partial charge in [-0.3, -0.25) is 24.1 Å². The maximum Gasteiger partial charge on any atom is 0.307 e. The molecule has 168 valence electrons. The van der Waals surface area contributed by atoms with Crippen LogP contribution in [0, 0.1) is 0 Å². The number of hydrogen-bond acceptors (Lipinski definition) is 6. The number of carbonyl (C=O) groups is 4. The molecule has 1 saturated heterocycles. The number of ether oxygens (including phenoxy) is 1. The highest BCUT2D eigenvalue weighted by Gasteiger charge is 2.52. The van der Waals surface area contributed by atoms with E-state index in [1.54, 1.807) is 28.0 Å². The van der Waals surface area contributed by atoms with Crippen LogP contribution in [-0.4, -0.2) is 47.9 Å². The zero-order valence-corrected chi connectivity index (χ0v) is 18.8. The maximum atomic E-state index is 13.3. The van der Waals surface area contributed by atoms with Gasteiger partial charge in [0.15, 0.2) is 0 Å². The molecule has 0 aliphatic carbocycles. The van der Waals surface area contributed by atoms with Crippen LogP contribution in [0.15, 0.2) is 41.8 Å². The third-order valence-corrected chi connectivity index (χ3v) is 7.11. The van der Waals surface area contributed by atoms with Crippen LogP contribution in [0.5, 0.6) is 0 Å². The Kier molecular flexibility index (Phi) is 6.01. The fraction of sp³-hybridized carbons (Fsp3) is 0.391. The molecule has 2 aromatic rings. The molecular formula is C23H25N3O5S. The molecule has 0 bridgehead atoms. The van der Waals surface area contributed by atoms with Crippen molar-refractivity contribution in [1.82, 2.24) is 10.2 Å². The molecule has 2 unspecified atom stereocenters. The van der Waals surface area contributed by atoms with Crippen molar-refractivity contribution in [1.29, 1.82) is 0 Å². The van der Waals surface area contributed by atoms with Crippen LogP contribution in [0.25, 0.3) is 0 Å². The summed E-state index contributed by atoms with van der Waals surface area (Å²) in [6.07, 6.45) is 0.932. The lowest BCUT2D eigenvalue weighted by atomic mass is 9.98. The van der Waals surface area contributed by atoms with Crippen molar-refractivity contribution < 1.29 is 23.9 Å². The summed E-state index contributed by atoms with van der Waals surface area (Å²) in [5, 5.41) is 4.77. The molecule has 1 aromatic heterocycles. The van der Waals surface area contributed by atoms with Crippen molar-refractivity contribution in [3.63, 3.8) is 0 Å². The van der Waals surface area contributed by atoms with E-state index >= 15 is 0 Å². The van der Waals surface area contributed by atoms with E-state index in [1.807, 2.05) is 30.5 Å². The summed E-state index contributed by atoms with van der Waals surface area (Å²) >= 11 is 1.45. The van der Waals surface area contributed by atoms with Gasteiger partial charge in [0.2, 0.25) is 11.8 Å². The molecule has 1 fully saturated rings. The molecule has 2 aliphatic rings. The normalized spacial score (nSPS) is 20.6. The first kappa shape index (κ1) is 22.0. The topological polar surface area (TPSA) is 96.0 Å². The predicted octanol–water partition coefficient (Wildman–Crippen LogP) is 2.86. The number of thiophene rings is 1. The largest absolute Gasteiger partial charge is 0.469 e. The minimum absolute atomic E-state index is 0.0266. The van der Waals surface area contributed by atoms with Crippen LogP contribution < -0.4 is 10.2 Å². The first-order valence-corrected chi connectivity index (χ1v) is 11.4. The second kappa shape index (κ2) is 8.74. The predicted molar refractivity (Wildman–Crippen MR) is 119 cm³/mol. The van der Waals surface area contributed by atoms with E-state index in [4.69, 9.17) is 4.74 Å². The van der Waals surface area contributed by atoms with Crippen molar-refractivity contribution in [2.45, 2.75) is 44.3 Å². The Balaban J connectivity index is 1.50. The summed E-state index contributed by atoms with van der Waals surface area (Å²) in [6, 6.07) is 10.3. The number of fused-ring (bicyclic) bond motifs is 3. The second-order valence-corrected chi connectivity index (χ2v) is 9.07. The SMILES string of the molecule is COC(=O)CC(NC(=O)CCN1C(=O)c2ccccc2N2C(=O)CCC12C)c1cccs1. The molecule has 8 nitrogen and oxygen atoms in total. The monoisotopic (exact) mass is 455 g/mol. The van der Waals surface area contributed by atoms with Crippen LogP contribution in [0.3, 0.4) is 0 Å². The molecule has 2 aliphatic heterocycles. The highest BCUT2D eigenvalue weighted by molar-refractivity contribution is 7.10. The third-order valence-electron chi connectivity index (χ3n) is 6.13. The number of para-hydroxylation sites is 1. The number of rotatable bonds is 7. The van der Waals surface area contributed by atoms with Crippen molar-refractivity contribution in [3.8, 4) is 0 Å². The van der Waals surface area contributed by atoms with Crippen LogP contribution in [0.1, 0.15) is 53.9 Å². The van der Waals surface area contributed by atoms with Gasteiger partial charge in [0.25, 0.3) is 5.91 Å². The summed E-state index contributed by atoms with van der Waals surface area (Å²) < 4.78 is 4.76. The Bertz CT molecular complexity index is 1050. The number of esters is 1. The summed E-state index contributed by atoms with van der Waals surface area (Å²) in [7, 11) is 1.31. The number of anilines is 1. The second-order valence-electron chi connectivity index (χ2n) is 8.09. The summed E-state index contributed by atoms with van der Waals surface area (Å²) in [5.74, 6) is -0.915. The highest BCUT2D eigenvalue weighted by Crippen LogP contribution is 2.44. The Labute approximate surface area is 190 Å². The number of methoxy groups -OCH3 is 1. The zero-order valence-electron chi connectivity index (χ0n) is 18.0. The van der Waals surface area contributed by atoms with Gasteiger partial charge >= 0.3 is 5.97 Å². The zero-order chi connectivity index (χ0) is 22.9. The molecular weight excluding hydrogens is 430 g/mol. The number of nitrogens with zero attached hydrogens (tertiary/aromatic N) is 2. The Morgan fingerprint density at radius 3 is 2.72 bits per heavy atom. The van der Waals surface area contributed by atoms with Crippen LogP contribution >= 0.6 is 11.3 Å². The van der Waals surface area contributed by atoms with Crippen molar-refractivity contribution in [2.75, 3.05) is 18.6 Å². The molecule has 4 rings (SSSR count). The van der Waals surface area contributed by atoms with E-state index in [-0.39, 0.29) is 37.1 Å².